The zero-order valence-corrected chi connectivity index (χ0v) is 14.6. The Labute approximate surface area is 142 Å². The summed E-state index contributed by atoms with van der Waals surface area (Å²) in [4.78, 5) is 23.1. The Morgan fingerprint density at radius 2 is 2.04 bits per heavy atom. The minimum atomic E-state index is -0.293. The molecule has 2 aromatic rings. The highest BCUT2D eigenvalue weighted by Gasteiger charge is 2.30. The maximum atomic E-state index is 12.4. The van der Waals surface area contributed by atoms with Crippen LogP contribution in [0.4, 0.5) is 0 Å². The van der Waals surface area contributed by atoms with E-state index in [0.717, 1.165) is 49.4 Å². The fourth-order valence-corrected chi connectivity index (χ4v) is 3.17. The van der Waals surface area contributed by atoms with Gasteiger partial charge in [-0.25, -0.2) is 9.97 Å². The van der Waals surface area contributed by atoms with Crippen molar-refractivity contribution in [3.05, 3.63) is 30.4 Å². The molecule has 0 aliphatic carbocycles. The van der Waals surface area contributed by atoms with Crippen LogP contribution in [0.5, 0.6) is 0 Å². The van der Waals surface area contributed by atoms with E-state index >= 15 is 0 Å². The third kappa shape index (κ3) is 3.80. The molecular weight excluding hydrogens is 302 g/mol. The first-order valence-electron chi connectivity index (χ1n) is 8.53. The van der Waals surface area contributed by atoms with Gasteiger partial charge < -0.3 is 4.90 Å². The molecule has 3 heterocycles. The number of H-pyrrole nitrogens is 1. The highest BCUT2D eigenvalue weighted by molar-refractivity contribution is 5.81. The predicted octanol–water partition coefficient (Wildman–Crippen LogP) is 2.69. The van der Waals surface area contributed by atoms with Crippen molar-refractivity contribution in [3.8, 4) is 11.4 Å². The number of rotatable bonds is 3. The summed E-state index contributed by atoms with van der Waals surface area (Å²) in [5.74, 6) is 0.822. The van der Waals surface area contributed by atoms with Gasteiger partial charge in [0.25, 0.3) is 0 Å². The molecule has 3 rings (SSSR count). The molecule has 1 fully saturated rings. The summed E-state index contributed by atoms with van der Waals surface area (Å²) in [7, 11) is 0. The lowest BCUT2D eigenvalue weighted by Gasteiger charge is -2.35. The highest BCUT2D eigenvalue weighted by Crippen LogP contribution is 2.26. The van der Waals surface area contributed by atoms with Gasteiger partial charge in [0, 0.05) is 30.4 Å². The van der Waals surface area contributed by atoms with Crippen LogP contribution in [0.25, 0.3) is 11.4 Å². The number of piperidine rings is 1. The van der Waals surface area contributed by atoms with Crippen molar-refractivity contribution >= 4 is 5.91 Å². The van der Waals surface area contributed by atoms with Gasteiger partial charge in [0.2, 0.25) is 5.91 Å². The van der Waals surface area contributed by atoms with Gasteiger partial charge in [-0.15, -0.1) is 0 Å². The fraction of sp³-hybridized carbons (Fsp3) is 0.556. The van der Waals surface area contributed by atoms with Crippen molar-refractivity contribution in [3.63, 3.8) is 0 Å². The van der Waals surface area contributed by atoms with E-state index < -0.39 is 0 Å². The van der Waals surface area contributed by atoms with Gasteiger partial charge in [-0.2, -0.15) is 5.10 Å². The SMILES string of the molecule is CC(C)(C)C(=O)N1CCC(Cc2cc(-c3ccn[nH]3)ncn2)CC1. The summed E-state index contributed by atoms with van der Waals surface area (Å²) < 4.78 is 0. The van der Waals surface area contributed by atoms with E-state index in [9.17, 15) is 4.79 Å². The molecule has 6 heteroatoms. The second kappa shape index (κ2) is 6.71. The topological polar surface area (TPSA) is 74.8 Å². The minimum Gasteiger partial charge on any atom is -0.342 e. The third-order valence-corrected chi connectivity index (χ3v) is 4.54. The Balaban J connectivity index is 1.59. The summed E-state index contributed by atoms with van der Waals surface area (Å²) in [6.07, 6.45) is 6.33. The van der Waals surface area contributed by atoms with E-state index in [1.54, 1.807) is 12.5 Å². The van der Waals surface area contributed by atoms with Crippen molar-refractivity contribution in [2.45, 2.75) is 40.0 Å². The smallest absolute Gasteiger partial charge is 0.227 e. The molecule has 0 saturated carbocycles. The number of carbonyl (C=O) groups is 1. The average Bonchev–Trinajstić information content (AvgIpc) is 3.09. The first-order chi connectivity index (χ1) is 11.4. The van der Waals surface area contributed by atoms with Gasteiger partial charge in [-0.1, -0.05) is 20.8 Å². The summed E-state index contributed by atoms with van der Waals surface area (Å²) in [5, 5.41) is 6.90. The van der Waals surface area contributed by atoms with Crippen LogP contribution in [0.3, 0.4) is 0 Å². The number of nitrogens with one attached hydrogen (secondary N) is 1. The second-order valence-corrected chi connectivity index (χ2v) is 7.55. The number of aromatic nitrogens is 4. The molecule has 1 amide bonds. The summed E-state index contributed by atoms with van der Waals surface area (Å²) >= 11 is 0. The maximum absolute atomic E-state index is 12.4. The van der Waals surface area contributed by atoms with Gasteiger partial charge in [0.05, 0.1) is 11.4 Å². The molecule has 6 nitrogen and oxygen atoms in total. The Kier molecular flexibility index (Phi) is 4.64. The standard InChI is InChI=1S/C18H25N5O/c1-18(2,3)17(24)23-8-5-13(6-9-23)10-14-11-16(20-12-19-14)15-4-7-21-22-15/h4,7,11-13H,5-6,8-10H2,1-3H3,(H,21,22). The van der Waals surface area contributed by atoms with Crippen molar-refractivity contribution in [2.24, 2.45) is 11.3 Å². The zero-order valence-electron chi connectivity index (χ0n) is 14.6. The van der Waals surface area contributed by atoms with Gasteiger partial charge in [0.1, 0.15) is 6.33 Å². The Morgan fingerprint density at radius 3 is 2.67 bits per heavy atom. The van der Waals surface area contributed by atoms with Crippen LogP contribution < -0.4 is 0 Å². The van der Waals surface area contributed by atoms with E-state index in [-0.39, 0.29) is 11.3 Å². The first-order valence-corrected chi connectivity index (χ1v) is 8.53. The highest BCUT2D eigenvalue weighted by atomic mass is 16.2. The average molecular weight is 327 g/mol. The predicted molar refractivity (Wildman–Crippen MR) is 92.1 cm³/mol. The maximum Gasteiger partial charge on any atom is 0.227 e. The quantitative estimate of drug-likeness (QED) is 0.940. The van der Waals surface area contributed by atoms with E-state index in [0.29, 0.717) is 5.92 Å². The molecule has 1 N–H and O–H groups in total. The van der Waals surface area contributed by atoms with Crippen LogP contribution in [0, 0.1) is 11.3 Å². The number of carbonyl (C=O) groups excluding carboxylic acids is 1. The molecule has 2 aromatic heterocycles. The molecule has 24 heavy (non-hydrogen) atoms. The van der Waals surface area contributed by atoms with Crippen LogP contribution in [0.15, 0.2) is 24.7 Å². The summed E-state index contributed by atoms with van der Waals surface area (Å²) in [6.45, 7) is 7.65. The minimum absolute atomic E-state index is 0.254. The molecule has 0 spiro atoms. The van der Waals surface area contributed by atoms with Crippen LogP contribution in [-0.4, -0.2) is 44.1 Å². The number of nitrogens with zero attached hydrogens (tertiary/aromatic N) is 4. The molecular formula is C18H25N5O. The van der Waals surface area contributed by atoms with E-state index in [1.807, 2.05) is 37.8 Å². The van der Waals surface area contributed by atoms with Crippen molar-refractivity contribution < 1.29 is 4.79 Å². The lowest BCUT2D eigenvalue weighted by atomic mass is 9.89. The van der Waals surface area contributed by atoms with Crippen molar-refractivity contribution in [1.82, 2.24) is 25.1 Å². The van der Waals surface area contributed by atoms with Gasteiger partial charge in [-0.05, 0) is 37.3 Å². The van der Waals surface area contributed by atoms with Crippen LogP contribution in [-0.2, 0) is 11.2 Å². The molecule has 0 aromatic carbocycles. The Bertz CT molecular complexity index is 682. The number of amides is 1. The van der Waals surface area contributed by atoms with E-state index in [2.05, 4.69) is 20.2 Å². The number of aromatic amines is 1. The first kappa shape index (κ1) is 16.6. The van der Waals surface area contributed by atoms with Crippen LogP contribution in [0.2, 0.25) is 0 Å². The summed E-state index contributed by atoms with van der Waals surface area (Å²) in [5.41, 5.74) is 2.54. The molecule has 1 aliphatic heterocycles. The molecule has 0 unspecified atom stereocenters. The zero-order chi connectivity index (χ0) is 17.2. The van der Waals surface area contributed by atoms with Crippen LogP contribution in [0.1, 0.15) is 39.3 Å². The molecule has 1 aliphatic rings. The molecule has 0 atom stereocenters. The third-order valence-electron chi connectivity index (χ3n) is 4.54. The number of hydrogen-bond donors (Lipinski definition) is 1. The van der Waals surface area contributed by atoms with Crippen molar-refractivity contribution in [2.75, 3.05) is 13.1 Å². The lowest BCUT2D eigenvalue weighted by molar-refractivity contribution is -0.140. The Morgan fingerprint density at radius 1 is 1.29 bits per heavy atom. The molecule has 128 valence electrons. The molecule has 0 bridgehead atoms. The van der Waals surface area contributed by atoms with Crippen molar-refractivity contribution in [1.29, 1.82) is 0 Å². The monoisotopic (exact) mass is 327 g/mol. The van der Waals surface area contributed by atoms with E-state index in [4.69, 9.17) is 0 Å². The molecule has 0 radical (unpaired) electrons. The van der Waals surface area contributed by atoms with Crippen LogP contribution >= 0.6 is 0 Å². The second-order valence-electron chi connectivity index (χ2n) is 7.55. The Hall–Kier alpha value is -2.24. The number of likely N-dealkylation sites (tertiary alicyclic amines) is 1. The normalized spacial score (nSPS) is 16.4. The fourth-order valence-electron chi connectivity index (χ4n) is 3.17. The lowest BCUT2D eigenvalue weighted by Crippen LogP contribution is -2.44. The molecule has 1 saturated heterocycles. The van der Waals surface area contributed by atoms with Gasteiger partial charge in [0.15, 0.2) is 0 Å². The van der Waals surface area contributed by atoms with E-state index in [1.165, 1.54) is 0 Å². The largest absolute Gasteiger partial charge is 0.342 e. The van der Waals surface area contributed by atoms with Gasteiger partial charge in [-0.3, -0.25) is 9.89 Å². The number of hydrogen-bond acceptors (Lipinski definition) is 4. The van der Waals surface area contributed by atoms with Gasteiger partial charge >= 0.3 is 0 Å². The summed E-state index contributed by atoms with van der Waals surface area (Å²) in [6, 6.07) is 3.93.